The van der Waals surface area contributed by atoms with Gasteiger partial charge in [0.25, 0.3) is 0 Å². The average molecular weight is 274 g/mol. The first kappa shape index (κ1) is 14.3. The van der Waals surface area contributed by atoms with E-state index in [0.29, 0.717) is 6.04 Å². The zero-order valence-corrected chi connectivity index (χ0v) is 12.8. The summed E-state index contributed by atoms with van der Waals surface area (Å²) < 4.78 is 0. The standard InChI is InChI=1S/C16H22N2S/c1-12-6-4-7-13(10-12)18(2)15-8-5-9-16(19-3)14(15)11-17/h5,8-9,12-13H,4,6-7,10H2,1-3H3. The Balaban J connectivity index is 2.28. The lowest BCUT2D eigenvalue weighted by atomic mass is 9.86. The van der Waals surface area contributed by atoms with Crippen molar-refractivity contribution in [3.63, 3.8) is 0 Å². The number of hydrogen-bond donors (Lipinski definition) is 0. The lowest BCUT2D eigenvalue weighted by Crippen LogP contribution is -2.36. The van der Waals surface area contributed by atoms with Crippen molar-refractivity contribution in [2.45, 2.75) is 43.5 Å². The van der Waals surface area contributed by atoms with Crippen molar-refractivity contribution >= 4 is 17.4 Å². The maximum absolute atomic E-state index is 9.44. The first-order valence-electron chi connectivity index (χ1n) is 6.97. The molecule has 2 nitrogen and oxygen atoms in total. The molecule has 1 aromatic rings. The Hall–Kier alpha value is -1.14. The quantitative estimate of drug-likeness (QED) is 0.769. The van der Waals surface area contributed by atoms with Crippen LogP contribution < -0.4 is 4.90 Å². The van der Waals surface area contributed by atoms with Gasteiger partial charge in [0, 0.05) is 18.0 Å². The highest BCUT2D eigenvalue weighted by atomic mass is 32.2. The molecule has 2 rings (SSSR count). The van der Waals surface area contributed by atoms with Crippen molar-refractivity contribution in [1.82, 2.24) is 0 Å². The maximum atomic E-state index is 9.44. The van der Waals surface area contributed by atoms with E-state index in [-0.39, 0.29) is 0 Å². The van der Waals surface area contributed by atoms with Gasteiger partial charge in [0.15, 0.2) is 0 Å². The molecular weight excluding hydrogens is 252 g/mol. The molecule has 0 radical (unpaired) electrons. The summed E-state index contributed by atoms with van der Waals surface area (Å²) in [7, 11) is 2.14. The lowest BCUT2D eigenvalue weighted by Gasteiger charge is -2.36. The van der Waals surface area contributed by atoms with Gasteiger partial charge >= 0.3 is 0 Å². The Labute approximate surface area is 120 Å². The maximum Gasteiger partial charge on any atom is 0.103 e. The van der Waals surface area contributed by atoms with Gasteiger partial charge in [-0.05, 0) is 37.1 Å². The fraction of sp³-hybridized carbons (Fsp3) is 0.562. The average Bonchev–Trinajstić information content (AvgIpc) is 2.45. The van der Waals surface area contributed by atoms with E-state index in [1.54, 1.807) is 11.8 Å². The van der Waals surface area contributed by atoms with Gasteiger partial charge in [0.2, 0.25) is 0 Å². The number of nitrogens with zero attached hydrogens (tertiary/aromatic N) is 2. The highest BCUT2D eigenvalue weighted by molar-refractivity contribution is 7.98. The first-order chi connectivity index (χ1) is 9.17. The lowest BCUT2D eigenvalue weighted by molar-refractivity contribution is 0.336. The van der Waals surface area contributed by atoms with Gasteiger partial charge in [-0.1, -0.05) is 25.8 Å². The van der Waals surface area contributed by atoms with E-state index in [4.69, 9.17) is 0 Å². The van der Waals surface area contributed by atoms with Crippen LogP contribution in [-0.4, -0.2) is 19.3 Å². The van der Waals surface area contributed by atoms with Crippen LogP contribution in [0.2, 0.25) is 0 Å². The normalized spacial score (nSPS) is 22.8. The molecule has 0 N–H and O–H groups in total. The highest BCUT2D eigenvalue weighted by Crippen LogP contribution is 2.33. The Bertz CT molecular complexity index is 478. The van der Waals surface area contributed by atoms with Crippen molar-refractivity contribution in [1.29, 1.82) is 5.26 Å². The second-order valence-electron chi connectivity index (χ2n) is 5.50. The minimum absolute atomic E-state index is 0.577. The molecule has 1 aliphatic rings. The van der Waals surface area contributed by atoms with Gasteiger partial charge in [-0.2, -0.15) is 5.26 Å². The zero-order chi connectivity index (χ0) is 13.8. The first-order valence-corrected chi connectivity index (χ1v) is 8.19. The third-order valence-electron chi connectivity index (χ3n) is 4.17. The Morgan fingerprint density at radius 1 is 1.37 bits per heavy atom. The molecule has 2 atom stereocenters. The number of benzene rings is 1. The molecule has 1 fully saturated rings. The van der Waals surface area contributed by atoms with Crippen LogP contribution in [0, 0.1) is 17.2 Å². The van der Waals surface area contributed by atoms with E-state index in [9.17, 15) is 5.26 Å². The van der Waals surface area contributed by atoms with Crippen LogP contribution in [0.1, 0.15) is 38.2 Å². The van der Waals surface area contributed by atoms with Crippen LogP contribution >= 0.6 is 11.8 Å². The van der Waals surface area contributed by atoms with Crippen molar-refractivity contribution in [2.24, 2.45) is 5.92 Å². The Kier molecular flexibility index (Phi) is 4.76. The summed E-state index contributed by atoms with van der Waals surface area (Å²) in [5, 5.41) is 9.44. The molecule has 0 saturated heterocycles. The number of thioether (sulfide) groups is 1. The second kappa shape index (κ2) is 6.34. The van der Waals surface area contributed by atoms with Crippen LogP contribution in [0.25, 0.3) is 0 Å². The number of nitriles is 1. The highest BCUT2D eigenvalue weighted by Gasteiger charge is 2.24. The van der Waals surface area contributed by atoms with Crippen molar-refractivity contribution < 1.29 is 0 Å². The molecular formula is C16H22N2S. The summed E-state index contributed by atoms with van der Waals surface area (Å²) in [6.45, 7) is 2.34. The predicted octanol–water partition coefficient (Wildman–Crippen LogP) is 4.30. The summed E-state index contributed by atoms with van der Waals surface area (Å²) in [5.41, 5.74) is 1.92. The molecule has 0 bridgehead atoms. The molecule has 0 aromatic heterocycles. The fourth-order valence-corrected chi connectivity index (χ4v) is 3.62. The van der Waals surface area contributed by atoms with Gasteiger partial charge in [0.1, 0.15) is 6.07 Å². The molecule has 102 valence electrons. The van der Waals surface area contributed by atoms with E-state index >= 15 is 0 Å². The second-order valence-corrected chi connectivity index (χ2v) is 6.35. The fourth-order valence-electron chi connectivity index (χ4n) is 3.05. The van der Waals surface area contributed by atoms with E-state index < -0.39 is 0 Å². The molecule has 0 heterocycles. The van der Waals surface area contributed by atoms with E-state index in [0.717, 1.165) is 22.1 Å². The van der Waals surface area contributed by atoms with Gasteiger partial charge in [-0.3, -0.25) is 0 Å². The molecule has 3 heteroatoms. The van der Waals surface area contributed by atoms with Crippen molar-refractivity contribution in [3.8, 4) is 6.07 Å². The number of hydrogen-bond acceptors (Lipinski definition) is 3. The minimum Gasteiger partial charge on any atom is -0.371 e. The summed E-state index contributed by atoms with van der Waals surface area (Å²) in [6, 6.07) is 9.13. The van der Waals surface area contributed by atoms with Gasteiger partial charge in [-0.15, -0.1) is 11.8 Å². The predicted molar refractivity (Wildman–Crippen MR) is 82.8 cm³/mol. The molecule has 1 aromatic carbocycles. The number of rotatable bonds is 3. The Morgan fingerprint density at radius 3 is 2.79 bits per heavy atom. The summed E-state index contributed by atoms with van der Waals surface area (Å²) in [6.07, 6.45) is 7.17. The third kappa shape index (κ3) is 3.06. The molecule has 19 heavy (non-hydrogen) atoms. The van der Waals surface area contributed by atoms with Gasteiger partial charge in [0.05, 0.1) is 11.3 Å². The number of anilines is 1. The van der Waals surface area contributed by atoms with Crippen LogP contribution in [-0.2, 0) is 0 Å². The molecule has 0 spiro atoms. The molecule has 0 amide bonds. The molecule has 1 aliphatic carbocycles. The van der Waals surface area contributed by atoms with E-state index in [2.05, 4.69) is 37.1 Å². The van der Waals surface area contributed by atoms with Gasteiger partial charge < -0.3 is 4.90 Å². The molecule has 1 saturated carbocycles. The van der Waals surface area contributed by atoms with Crippen LogP contribution in [0.5, 0.6) is 0 Å². The van der Waals surface area contributed by atoms with Crippen LogP contribution in [0.15, 0.2) is 23.1 Å². The van der Waals surface area contributed by atoms with Crippen LogP contribution in [0.3, 0.4) is 0 Å². The van der Waals surface area contributed by atoms with E-state index in [1.807, 2.05) is 12.3 Å². The van der Waals surface area contributed by atoms with Crippen molar-refractivity contribution in [2.75, 3.05) is 18.2 Å². The minimum atomic E-state index is 0.577. The largest absolute Gasteiger partial charge is 0.371 e. The molecule has 0 aliphatic heterocycles. The van der Waals surface area contributed by atoms with Gasteiger partial charge in [-0.25, -0.2) is 0 Å². The van der Waals surface area contributed by atoms with E-state index in [1.165, 1.54) is 25.7 Å². The SMILES string of the molecule is CSc1cccc(N(C)C2CCCC(C)C2)c1C#N. The summed E-state index contributed by atoms with van der Waals surface area (Å²) >= 11 is 1.65. The summed E-state index contributed by atoms with van der Waals surface area (Å²) in [5.74, 6) is 0.801. The summed E-state index contributed by atoms with van der Waals surface area (Å²) in [4.78, 5) is 3.41. The smallest absolute Gasteiger partial charge is 0.103 e. The zero-order valence-electron chi connectivity index (χ0n) is 12.0. The third-order valence-corrected chi connectivity index (χ3v) is 4.95. The molecule has 2 unspecified atom stereocenters. The monoisotopic (exact) mass is 274 g/mol. The van der Waals surface area contributed by atoms with Crippen molar-refractivity contribution in [3.05, 3.63) is 23.8 Å². The van der Waals surface area contributed by atoms with Crippen LogP contribution in [0.4, 0.5) is 5.69 Å². The topological polar surface area (TPSA) is 27.0 Å². The Morgan fingerprint density at radius 2 is 2.16 bits per heavy atom.